The zero-order chi connectivity index (χ0) is 43.3. The van der Waals surface area contributed by atoms with E-state index in [-0.39, 0.29) is 18.5 Å². The highest BCUT2D eigenvalue weighted by Gasteiger charge is 2.33. The molecule has 4 heterocycles. The number of carbonyl (C=O) groups is 3. The predicted octanol–water partition coefficient (Wildman–Crippen LogP) is 8.41. The van der Waals surface area contributed by atoms with E-state index in [9.17, 15) is 14.4 Å². The van der Waals surface area contributed by atoms with Crippen molar-refractivity contribution >= 4 is 74.2 Å². The second kappa shape index (κ2) is 19.0. The fourth-order valence-corrected chi connectivity index (χ4v) is 8.39. The number of fused-ring (bicyclic) bond motifs is 2. The fourth-order valence-electron chi connectivity index (χ4n) is 7.94. The molecule has 0 spiro atoms. The van der Waals surface area contributed by atoms with Crippen molar-refractivity contribution in [1.29, 1.82) is 0 Å². The van der Waals surface area contributed by atoms with Crippen LogP contribution < -0.4 is 22.1 Å². The summed E-state index contributed by atoms with van der Waals surface area (Å²) < 4.78 is 5.26. The average molecular weight is 866 g/mol. The maximum Gasteiger partial charge on any atom is 0.333 e. The van der Waals surface area contributed by atoms with Gasteiger partial charge in [-0.15, -0.1) is 0 Å². The van der Waals surface area contributed by atoms with E-state index in [4.69, 9.17) is 39.4 Å². The van der Waals surface area contributed by atoms with E-state index in [1.165, 1.54) is 0 Å². The molecule has 0 aliphatic carbocycles. The van der Waals surface area contributed by atoms with Gasteiger partial charge in [0.05, 0.1) is 29.0 Å². The van der Waals surface area contributed by atoms with Crippen LogP contribution >= 0.6 is 23.2 Å². The third-order valence-electron chi connectivity index (χ3n) is 11.0. The van der Waals surface area contributed by atoms with Gasteiger partial charge in [0.2, 0.25) is 5.91 Å². The summed E-state index contributed by atoms with van der Waals surface area (Å²) in [7, 11) is 0. The van der Waals surface area contributed by atoms with Crippen LogP contribution in [0.3, 0.4) is 0 Å². The fraction of sp³-hybridized carbons (Fsp3) is 0.340. The van der Waals surface area contributed by atoms with Gasteiger partial charge < -0.3 is 46.6 Å². The number of rotatable bonds is 9. The zero-order valence-corrected chi connectivity index (χ0v) is 36.3. The lowest BCUT2D eigenvalue weighted by Gasteiger charge is -2.34. The van der Waals surface area contributed by atoms with Crippen LogP contribution in [0.5, 0.6) is 0 Å². The van der Waals surface area contributed by atoms with E-state index in [1.54, 1.807) is 25.7 Å². The Bertz CT molecular complexity index is 2470. The Morgan fingerprint density at radius 2 is 1.13 bits per heavy atom. The highest BCUT2D eigenvalue weighted by molar-refractivity contribution is 6.32. The van der Waals surface area contributed by atoms with E-state index in [1.807, 2.05) is 65.6 Å². The molecule has 2 amide bonds. The molecule has 0 bridgehead atoms. The van der Waals surface area contributed by atoms with Gasteiger partial charge in [0, 0.05) is 70.5 Å². The normalized spacial score (nSPS) is 15.6. The molecule has 1 unspecified atom stereocenters. The molecule has 4 aromatic carbocycles. The van der Waals surface area contributed by atoms with Crippen molar-refractivity contribution in [3.8, 4) is 22.5 Å². The molecule has 8 N–H and O–H groups in total. The topological polar surface area (TPSA) is 175 Å². The molecule has 2 fully saturated rings. The first-order chi connectivity index (χ1) is 29.2. The minimum Gasteiger partial charge on any atom is -0.458 e. The summed E-state index contributed by atoms with van der Waals surface area (Å²) in [6.07, 6.45) is 3.25. The van der Waals surface area contributed by atoms with Crippen LogP contribution in [-0.4, -0.2) is 94.0 Å². The summed E-state index contributed by atoms with van der Waals surface area (Å²) in [5.41, 5.74) is 19.0. The van der Waals surface area contributed by atoms with Crippen LogP contribution in [0.25, 0.3) is 44.3 Å². The smallest absolute Gasteiger partial charge is 0.333 e. The number of ether oxygens (including phenoxy) is 1. The van der Waals surface area contributed by atoms with E-state index < -0.39 is 23.5 Å². The Morgan fingerprint density at radius 1 is 0.705 bits per heavy atom. The summed E-state index contributed by atoms with van der Waals surface area (Å²) >= 11 is 12.8. The largest absolute Gasteiger partial charge is 0.458 e. The second-order valence-electron chi connectivity index (χ2n) is 16.7. The lowest BCUT2D eigenvalue weighted by atomic mass is 10.0. The quantitative estimate of drug-likeness (QED) is 0.0621. The van der Waals surface area contributed by atoms with Gasteiger partial charge in [-0.3, -0.25) is 9.59 Å². The standard InChI is InChI=1S/C26H31ClN4O3.C21H23ClN4O/c1-26(2,3)34-25(33)22(28)24(32)31-11-9-19(10-12-31)29-21-15-18(27)13-17-14-20(30-23(17)21)16-7-5-4-6-8-16;22-16-10-15-11-18(14-4-2-1-3-5-14)25-21(15)19(12-16)24-17-6-8-26(9-7-17)20(27)13-23/h4-8,13-15,19,22,29-30H,9-12,28H2,1-3H3;1-5,10-12,17,24-25H,6-9,13,23H2. The molecule has 8 rings (SSSR count). The molecular weight excluding hydrogens is 811 g/mol. The number of amides is 2. The van der Waals surface area contributed by atoms with Crippen LogP contribution in [0.1, 0.15) is 46.5 Å². The predicted molar refractivity (Wildman–Crippen MR) is 247 cm³/mol. The van der Waals surface area contributed by atoms with Crippen molar-refractivity contribution < 1.29 is 19.1 Å². The molecule has 2 aliphatic heterocycles. The zero-order valence-electron chi connectivity index (χ0n) is 34.8. The number of hydrogen-bond acceptors (Lipinski definition) is 8. The van der Waals surface area contributed by atoms with Gasteiger partial charge in [-0.05, 0) is 94.0 Å². The lowest BCUT2D eigenvalue weighted by Crippen LogP contribution is -2.53. The number of esters is 1. The molecule has 12 nitrogen and oxygen atoms in total. The summed E-state index contributed by atoms with van der Waals surface area (Å²) in [6, 6.07) is 31.6. The number of carbonyl (C=O) groups excluding carboxylic acids is 3. The van der Waals surface area contributed by atoms with Gasteiger partial charge in [-0.1, -0.05) is 83.9 Å². The molecular formula is C47H54Cl2N8O4. The second-order valence-corrected chi connectivity index (χ2v) is 17.6. The Morgan fingerprint density at radius 3 is 1.54 bits per heavy atom. The number of aromatic nitrogens is 2. The number of aromatic amines is 2. The highest BCUT2D eigenvalue weighted by Crippen LogP contribution is 2.35. The number of halogens is 2. The van der Waals surface area contributed by atoms with Gasteiger partial charge >= 0.3 is 5.97 Å². The molecule has 2 saturated heterocycles. The number of benzene rings is 4. The van der Waals surface area contributed by atoms with Crippen LogP contribution in [0.2, 0.25) is 10.0 Å². The number of H-pyrrole nitrogens is 2. The molecule has 14 heteroatoms. The average Bonchev–Trinajstić information content (AvgIpc) is 3.89. The molecule has 1 atom stereocenters. The van der Waals surface area contributed by atoms with Crippen molar-refractivity contribution in [2.45, 2.75) is 70.2 Å². The molecule has 61 heavy (non-hydrogen) atoms. The Kier molecular flexibility index (Phi) is 13.6. The maximum atomic E-state index is 12.7. The minimum atomic E-state index is -1.30. The Hall–Kier alpha value is -5.53. The molecule has 2 aromatic heterocycles. The van der Waals surface area contributed by atoms with E-state index in [0.29, 0.717) is 29.2 Å². The Balaban J connectivity index is 0.000000189. The van der Waals surface area contributed by atoms with E-state index in [0.717, 1.165) is 94.5 Å². The van der Waals surface area contributed by atoms with Crippen molar-refractivity contribution in [2.75, 3.05) is 43.4 Å². The number of nitrogens with zero attached hydrogens (tertiary/aromatic N) is 2. The number of nitrogens with one attached hydrogen (secondary N) is 4. The van der Waals surface area contributed by atoms with Crippen molar-refractivity contribution in [3.63, 3.8) is 0 Å². The van der Waals surface area contributed by atoms with Crippen molar-refractivity contribution in [2.24, 2.45) is 11.5 Å². The monoisotopic (exact) mass is 864 g/mol. The van der Waals surface area contributed by atoms with Crippen LogP contribution in [0.15, 0.2) is 97.1 Å². The van der Waals surface area contributed by atoms with Crippen LogP contribution in [0, 0.1) is 0 Å². The molecule has 0 saturated carbocycles. The Labute approximate surface area is 366 Å². The molecule has 6 aromatic rings. The first kappa shape index (κ1) is 43.6. The van der Waals surface area contributed by atoms with Gasteiger partial charge in [-0.25, -0.2) is 4.79 Å². The van der Waals surface area contributed by atoms with Crippen molar-refractivity contribution in [3.05, 3.63) is 107 Å². The molecule has 320 valence electrons. The van der Waals surface area contributed by atoms with Gasteiger partial charge in [-0.2, -0.15) is 0 Å². The van der Waals surface area contributed by atoms with Gasteiger partial charge in [0.25, 0.3) is 5.91 Å². The molecule has 2 aliphatic rings. The SMILES string of the molecule is CC(C)(C)OC(=O)C(N)C(=O)N1CCC(Nc2cc(Cl)cc3cc(-c4ccccc4)[nH]c23)CC1.NCC(=O)N1CCC(Nc2cc(Cl)cc3cc(-c4ccccc4)[nH]c23)CC1. The number of nitrogens with two attached hydrogens (primary N) is 2. The summed E-state index contributed by atoms with van der Waals surface area (Å²) in [5, 5.41) is 10.7. The first-order valence-corrected chi connectivity index (χ1v) is 21.5. The van der Waals surface area contributed by atoms with Crippen molar-refractivity contribution in [1.82, 2.24) is 19.8 Å². The highest BCUT2D eigenvalue weighted by atomic mass is 35.5. The van der Waals surface area contributed by atoms with E-state index in [2.05, 4.69) is 57.0 Å². The molecule has 0 radical (unpaired) electrons. The van der Waals surface area contributed by atoms with E-state index >= 15 is 0 Å². The number of likely N-dealkylation sites (tertiary alicyclic amines) is 2. The number of piperidine rings is 2. The summed E-state index contributed by atoms with van der Waals surface area (Å²) in [4.78, 5) is 47.2. The third-order valence-corrected chi connectivity index (χ3v) is 11.5. The van der Waals surface area contributed by atoms with Crippen LogP contribution in [-0.2, 0) is 19.1 Å². The third kappa shape index (κ3) is 10.9. The summed E-state index contributed by atoms with van der Waals surface area (Å²) in [6.45, 7) is 7.82. The van der Waals surface area contributed by atoms with Gasteiger partial charge in [0.1, 0.15) is 5.60 Å². The number of anilines is 2. The van der Waals surface area contributed by atoms with Gasteiger partial charge in [0.15, 0.2) is 6.04 Å². The summed E-state index contributed by atoms with van der Waals surface area (Å²) in [5.74, 6) is -1.06. The lowest BCUT2D eigenvalue weighted by molar-refractivity contribution is -0.160. The maximum absolute atomic E-state index is 12.7. The number of hydrogen-bond donors (Lipinski definition) is 6. The van der Waals surface area contributed by atoms with Crippen LogP contribution in [0.4, 0.5) is 11.4 Å². The minimum absolute atomic E-state index is 0.0236. The first-order valence-electron chi connectivity index (χ1n) is 20.8.